The molecular weight excluding hydrogens is 168 g/mol. The van der Waals surface area contributed by atoms with E-state index in [1.54, 1.807) is 20.3 Å². The molecule has 1 rings (SSSR count). The van der Waals surface area contributed by atoms with Crippen LogP contribution in [0, 0.1) is 0 Å². The summed E-state index contributed by atoms with van der Waals surface area (Å²) in [7, 11) is 3.18. The highest BCUT2D eigenvalue weighted by Gasteiger charge is 2.08. The monoisotopic (exact) mass is 182 g/mol. The maximum Gasteiger partial charge on any atom is 0.160 e. The SMILES string of the molecule is COC1=CCC=C(CO)C=C1OC. The zero-order valence-corrected chi connectivity index (χ0v) is 7.91. The molecule has 0 aliphatic heterocycles. The Bertz CT molecular complexity index is 261. The molecule has 1 N–H and O–H groups in total. The Hall–Kier alpha value is -1.22. The molecule has 0 unspecified atom stereocenters. The summed E-state index contributed by atoms with van der Waals surface area (Å²) in [6.07, 6.45) is 6.38. The molecule has 0 saturated heterocycles. The Balaban J connectivity index is 2.90. The molecule has 0 saturated carbocycles. The van der Waals surface area contributed by atoms with E-state index in [9.17, 15) is 0 Å². The minimum Gasteiger partial charge on any atom is -0.493 e. The lowest BCUT2D eigenvalue weighted by Gasteiger charge is -2.08. The number of rotatable bonds is 3. The molecule has 0 fully saturated rings. The quantitative estimate of drug-likeness (QED) is 0.716. The summed E-state index contributed by atoms with van der Waals surface area (Å²) in [5.41, 5.74) is 0.847. The van der Waals surface area contributed by atoms with Crippen molar-refractivity contribution in [3.63, 3.8) is 0 Å². The molecule has 13 heavy (non-hydrogen) atoms. The zero-order chi connectivity index (χ0) is 9.68. The van der Waals surface area contributed by atoms with Crippen molar-refractivity contribution in [3.05, 3.63) is 35.3 Å². The molecule has 0 bridgehead atoms. The van der Waals surface area contributed by atoms with Crippen LogP contribution < -0.4 is 0 Å². The molecule has 1 aliphatic carbocycles. The second kappa shape index (κ2) is 4.72. The van der Waals surface area contributed by atoms with E-state index in [0.717, 1.165) is 12.0 Å². The second-order valence-electron chi connectivity index (χ2n) is 2.66. The van der Waals surface area contributed by atoms with Crippen LogP contribution >= 0.6 is 0 Å². The van der Waals surface area contributed by atoms with Crippen LogP contribution in [-0.4, -0.2) is 25.9 Å². The first kappa shape index (κ1) is 9.86. The minimum absolute atomic E-state index is 0.0255. The van der Waals surface area contributed by atoms with Gasteiger partial charge in [-0.15, -0.1) is 0 Å². The second-order valence-corrected chi connectivity index (χ2v) is 2.66. The van der Waals surface area contributed by atoms with Crippen molar-refractivity contribution in [1.29, 1.82) is 0 Å². The molecule has 0 radical (unpaired) electrons. The normalized spacial score (nSPS) is 16.7. The van der Waals surface area contributed by atoms with Crippen LogP contribution in [0.1, 0.15) is 6.42 Å². The summed E-state index contributed by atoms with van der Waals surface area (Å²) >= 11 is 0. The van der Waals surface area contributed by atoms with Gasteiger partial charge in [0.2, 0.25) is 0 Å². The fourth-order valence-electron chi connectivity index (χ4n) is 1.17. The molecule has 1 aliphatic rings. The number of aliphatic hydroxyl groups is 1. The smallest absolute Gasteiger partial charge is 0.160 e. The number of aliphatic hydroxyl groups excluding tert-OH is 1. The Morgan fingerprint density at radius 1 is 1.23 bits per heavy atom. The average Bonchev–Trinajstić information content (AvgIpc) is 2.38. The van der Waals surface area contributed by atoms with Crippen molar-refractivity contribution in [3.8, 4) is 0 Å². The fraction of sp³-hybridized carbons (Fsp3) is 0.400. The molecule has 0 amide bonds. The lowest BCUT2D eigenvalue weighted by molar-refractivity contribution is 0.219. The first-order valence-electron chi connectivity index (χ1n) is 4.12. The van der Waals surface area contributed by atoms with E-state index < -0.39 is 0 Å². The maximum absolute atomic E-state index is 8.96. The number of methoxy groups -OCH3 is 2. The molecule has 0 aromatic rings. The van der Waals surface area contributed by atoms with E-state index in [1.165, 1.54) is 0 Å². The summed E-state index contributed by atoms with van der Waals surface area (Å²) in [5, 5.41) is 8.96. The minimum atomic E-state index is 0.0255. The van der Waals surface area contributed by atoms with Gasteiger partial charge in [-0.25, -0.2) is 0 Å². The maximum atomic E-state index is 8.96. The zero-order valence-electron chi connectivity index (χ0n) is 7.91. The van der Waals surface area contributed by atoms with Crippen molar-refractivity contribution in [2.45, 2.75) is 6.42 Å². The van der Waals surface area contributed by atoms with Gasteiger partial charge >= 0.3 is 0 Å². The highest BCUT2D eigenvalue weighted by Crippen LogP contribution is 2.18. The van der Waals surface area contributed by atoms with Crippen LogP contribution in [0.5, 0.6) is 0 Å². The third-order valence-corrected chi connectivity index (χ3v) is 1.87. The third kappa shape index (κ3) is 2.36. The summed E-state index contributed by atoms with van der Waals surface area (Å²) in [5.74, 6) is 1.36. The number of ether oxygens (including phenoxy) is 2. The van der Waals surface area contributed by atoms with E-state index in [0.29, 0.717) is 11.5 Å². The van der Waals surface area contributed by atoms with Crippen LogP contribution in [0.3, 0.4) is 0 Å². The van der Waals surface area contributed by atoms with E-state index >= 15 is 0 Å². The van der Waals surface area contributed by atoms with Gasteiger partial charge in [-0.1, -0.05) is 6.08 Å². The molecular formula is C10H14O3. The molecule has 0 atom stereocenters. The molecule has 0 aromatic carbocycles. The van der Waals surface area contributed by atoms with Gasteiger partial charge < -0.3 is 14.6 Å². The highest BCUT2D eigenvalue weighted by molar-refractivity contribution is 5.34. The highest BCUT2D eigenvalue weighted by atomic mass is 16.5. The van der Waals surface area contributed by atoms with E-state index in [1.807, 2.05) is 12.2 Å². The standard InChI is InChI=1S/C10H14O3/c1-12-9-5-3-4-8(7-11)6-10(9)13-2/h4-6,11H,3,7H2,1-2H3. The third-order valence-electron chi connectivity index (χ3n) is 1.87. The van der Waals surface area contributed by atoms with Crippen LogP contribution in [0.15, 0.2) is 35.3 Å². The fourth-order valence-corrected chi connectivity index (χ4v) is 1.17. The van der Waals surface area contributed by atoms with Crippen LogP contribution in [-0.2, 0) is 9.47 Å². The Morgan fingerprint density at radius 2 is 1.92 bits per heavy atom. The van der Waals surface area contributed by atoms with E-state index in [4.69, 9.17) is 14.6 Å². The summed E-state index contributed by atoms with van der Waals surface area (Å²) in [6.45, 7) is 0.0255. The largest absolute Gasteiger partial charge is 0.493 e. The van der Waals surface area contributed by atoms with Gasteiger partial charge in [-0.3, -0.25) is 0 Å². The Kier molecular flexibility index (Phi) is 3.58. The van der Waals surface area contributed by atoms with Crippen molar-refractivity contribution < 1.29 is 14.6 Å². The van der Waals surface area contributed by atoms with Crippen LogP contribution in [0.25, 0.3) is 0 Å². The topological polar surface area (TPSA) is 38.7 Å². The van der Waals surface area contributed by atoms with Gasteiger partial charge in [0, 0.05) is 0 Å². The van der Waals surface area contributed by atoms with Crippen LogP contribution in [0.4, 0.5) is 0 Å². The summed E-state index contributed by atoms with van der Waals surface area (Å²) in [6, 6.07) is 0. The summed E-state index contributed by atoms with van der Waals surface area (Å²) in [4.78, 5) is 0. The molecule has 72 valence electrons. The van der Waals surface area contributed by atoms with Gasteiger partial charge in [0.1, 0.15) is 0 Å². The number of hydrogen-bond acceptors (Lipinski definition) is 3. The first-order valence-corrected chi connectivity index (χ1v) is 4.12. The first-order chi connectivity index (χ1) is 6.31. The Labute approximate surface area is 78.0 Å². The van der Waals surface area contributed by atoms with Crippen molar-refractivity contribution in [1.82, 2.24) is 0 Å². The number of hydrogen-bond donors (Lipinski definition) is 1. The average molecular weight is 182 g/mol. The van der Waals surface area contributed by atoms with E-state index in [2.05, 4.69) is 0 Å². The molecule has 0 heterocycles. The Morgan fingerprint density at radius 3 is 2.46 bits per heavy atom. The van der Waals surface area contributed by atoms with Gasteiger partial charge in [-0.05, 0) is 24.1 Å². The predicted octanol–water partition coefficient (Wildman–Crippen LogP) is 1.37. The van der Waals surface area contributed by atoms with E-state index in [-0.39, 0.29) is 6.61 Å². The predicted molar refractivity (Wildman–Crippen MR) is 50.0 cm³/mol. The van der Waals surface area contributed by atoms with Crippen molar-refractivity contribution in [2.75, 3.05) is 20.8 Å². The molecule has 3 heteroatoms. The van der Waals surface area contributed by atoms with Gasteiger partial charge in [0.25, 0.3) is 0 Å². The van der Waals surface area contributed by atoms with Gasteiger partial charge in [-0.2, -0.15) is 0 Å². The molecule has 0 spiro atoms. The lowest BCUT2D eigenvalue weighted by Crippen LogP contribution is -1.96. The number of allylic oxidation sites excluding steroid dienone is 2. The van der Waals surface area contributed by atoms with Crippen molar-refractivity contribution >= 4 is 0 Å². The molecule has 0 aromatic heterocycles. The van der Waals surface area contributed by atoms with Gasteiger partial charge in [0.05, 0.1) is 20.8 Å². The van der Waals surface area contributed by atoms with Crippen molar-refractivity contribution in [2.24, 2.45) is 0 Å². The van der Waals surface area contributed by atoms with Gasteiger partial charge in [0.15, 0.2) is 11.5 Å². The molecule has 3 nitrogen and oxygen atoms in total. The summed E-state index contributed by atoms with van der Waals surface area (Å²) < 4.78 is 10.2. The lowest BCUT2D eigenvalue weighted by atomic mass is 10.2. The van der Waals surface area contributed by atoms with Crippen LogP contribution in [0.2, 0.25) is 0 Å².